The van der Waals surface area contributed by atoms with Crippen molar-refractivity contribution in [2.45, 2.75) is 12.7 Å². The molecule has 10 heteroatoms. The molecule has 0 saturated carbocycles. The van der Waals surface area contributed by atoms with Gasteiger partial charge in [0, 0.05) is 44.5 Å². The van der Waals surface area contributed by atoms with Crippen molar-refractivity contribution < 1.29 is 31.9 Å². The van der Waals surface area contributed by atoms with Crippen molar-refractivity contribution in [2.75, 3.05) is 38.1 Å². The van der Waals surface area contributed by atoms with Crippen LogP contribution in [0.25, 0.3) is 0 Å². The molecule has 7 nitrogen and oxygen atoms in total. The topological polar surface area (TPSA) is 75.0 Å². The second kappa shape index (κ2) is 10.6. The van der Waals surface area contributed by atoms with Crippen molar-refractivity contribution in [1.29, 1.82) is 0 Å². The fraction of sp³-hybridized carbons (Fsp3) is 0.280. The molecule has 2 amide bonds. The van der Waals surface area contributed by atoms with Crippen molar-refractivity contribution in [3.63, 3.8) is 0 Å². The normalized spacial score (nSPS) is 14.5. The van der Waals surface area contributed by atoms with E-state index in [9.17, 15) is 22.8 Å². The number of nitrogens with one attached hydrogen (secondary N) is 1. The molecule has 2 heterocycles. The van der Waals surface area contributed by atoms with Gasteiger partial charge < -0.3 is 19.4 Å². The summed E-state index contributed by atoms with van der Waals surface area (Å²) in [4.78, 5) is 28.4. The Balaban J connectivity index is 1.23. The average molecular weight is 487 g/mol. The van der Waals surface area contributed by atoms with E-state index < -0.39 is 17.6 Å². The maximum Gasteiger partial charge on any atom is 0.416 e. The Kier molecular flexibility index (Phi) is 7.40. The number of ether oxygens (including phenoxy) is 1. The molecule has 0 unspecified atom stereocenters. The van der Waals surface area contributed by atoms with E-state index in [0.29, 0.717) is 49.7 Å². The van der Waals surface area contributed by atoms with Gasteiger partial charge >= 0.3 is 6.18 Å². The smallest absolute Gasteiger partial charge is 0.416 e. The monoisotopic (exact) mass is 487 g/mol. The molecule has 0 radical (unpaired) electrons. The first-order valence-electron chi connectivity index (χ1n) is 11.0. The Morgan fingerprint density at radius 3 is 2.46 bits per heavy atom. The van der Waals surface area contributed by atoms with E-state index in [1.54, 1.807) is 47.4 Å². The summed E-state index contributed by atoms with van der Waals surface area (Å²) in [7, 11) is 0. The van der Waals surface area contributed by atoms with E-state index >= 15 is 0 Å². The van der Waals surface area contributed by atoms with Crippen molar-refractivity contribution >= 4 is 17.5 Å². The number of anilines is 1. The predicted octanol–water partition coefficient (Wildman–Crippen LogP) is 4.27. The van der Waals surface area contributed by atoms with Gasteiger partial charge in [-0.2, -0.15) is 13.2 Å². The molecule has 1 saturated heterocycles. The van der Waals surface area contributed by atoms with Crippen LogP contribution in [0.1, 0.15) is 21.7 Å². The van der Waals surface area contributed by atoms with Gasteiger partial charge in [-0.05, 0) is 35.9 Å². The summed E-state index contributed by atoms with van der Waals surface area (Å²) in [6, 6.07) is 15.2. The molecule has 0 atom stereocenters. The minimum atomic E-state index is -4.37. The van der Waals surface area contributed by atoms with E-state index in [0.717, 1.165) is 12.1 Å². The molecule has 1 aromatic heterocycles. The highest BCUT2D eigenvalue weighted by Crippen LogP contribution is 2.29. The zero-order chi connectivity index (χ0) is 24.8. The Morgan fingerprint density at radius 1 is 0.971 bits per heavy atom. The zero-order valence-corrected chi connectivity index (χ0v) is 18.8. The number of rotatable bonds is 7. The number of carbonyl (C=O) groups excluding carboxylic acids is 2. The molecule has 1 fully saturated rings. The molecule has 184 valence electrons. The number of hydrogen-bond donors (Lipinski definition) is 1. The van der Waals surface area contributed by atoms with Crippen LogP contribution in [0.2, 0.25) is 0 Å². The molecular formula is C25H24F3N3O4. The van der Waals surface area contributed by atoms with E-state index in [4.69, 9.17) is 9.15 Å². The molecular weight excluding hydrogens is 463 g/mol. The second-order valence-electron chi connectivity index (χ2n) is 8.10. The van der Waals surface area contributed by atoms with Gasteiger partial charge in [0.05, 0.1) is 11.8 Å². The summed E-state index contributed by atoms with van der Waals surface area (Å²) in [5, 5.41) is 2.70. The molecule has 35 heavy (non-hydrogen) atoms. The van der Waals surface area contributed by atoms with Gasteiger partial charge in [0.2, 0.25) is 0 Å². The Labute approximate surface area is 200 Å². The van der Waals surface area contributed by atoms with Gasteiger partial charge in [0.25, 0.3) is 11.8 Å². The molecule has 0 spiro atoms. The number of halogens is 3. The first-order chi connectivity index (χ1) is 16.8. The first-order valence-corrected chi connectivity index (χ1v) is 11.0. The number of amides is 2. The molecule has 2 aromatic carbocycles. The van der Waals surface area contributed by atoms with Crippen LogP contribution in [0.4, 0.5) is 18.9 Å². The number of furan rings is 1. The number of alkyl halides is 3. The zero-order valence-electron chi connectivity index (χ0n) is 18.8. The van der Waals surface area contributed by atoms with E-state index in [1.807, 2.05) is 4.90 Å². The van der Waals surface area contributed by atoms with Crippen LogP contribution in [0.5, 0.6) is 5.75 Å². The van der Waals surface area contributed by atoms with Crippen LogP contribution >= 0.6 is 0 Å². The van der Waals surface area contributed by atoms with Crippen LogP contribution in [0, 0.1) is 0 Å². The number of carbonyl (C=O) groups is 2. The predicted molar refractivity (Wildman–Crippen MR) is 122 cm³/mol. The lowest BCUT2D eigenvalue weighted by atomic mass is 10.1. The number of benzene rings is 2. The summed E-state index contributed by atoms with van der Waals surface area (Å²) in [6.07, 6.45) is -2.96. The van der Waals surface area contributed by atoms with Gasteiger partial charge in [-0.1, -0.05) is 24.3 Å². The van der Waals surface area contributed by atoms with Crippen LogP contribution < -0.4 is 10.1 Å². The Morgan fingerprint density at radius 2 is 1.74 bits per heavy atom. The quantitative estimate of drug-likeness (QED) is 0.539. The van der Waals surface area contributed by atoms with Crippen molar-refractivity contribution in [3.8, 4) is 5.75 Å². The Hall–Kier alpha value is -3.79. The van der Waals surface area contributed by atoms with Gasteiger partial charge in [-0.3, -0.25) is 14.5 Å². The maximum atomic E-state index is 12.9. The highest BCUT2D eigenvalue weighted by atomic mass is 19.4. The summed E-state index contributed by atoms with van der Waals surface area (Å²) < 4.78 is 49.5. The highest BCUT2D eigenvalue weighted by molar-refractivity contribution is 6.02. The highest BCUT2D eigenvalue weighted by Gasteiger charge is 2.30. The summed E-state index contributed by atoms with van der Waals surface area (Å²) >= 11 is 0. The van der Waals surface area contributed by atoms with Crippen LogP contribution in [0.15, 0.2) is 71.3 Å². The fourth-order valence-electron chi connectivity index (χ4n) is 3.76. The van der Waals surface area contributed by atoms with E-state index in [-0.39, 0.29) is 18.3 Å². The van der Waals surface area contributed by atoms with Crippen molar-refractivity contribution in [3.05, 3.63) is 83.8 Å². The van der Waals surface area contributed by atoms with E-state index in [2.05, 4.69) is 5.32 Å². The van der Waals surface area contributed by atoms with Gasteiger partial charge in [-0.15, -0.1) is 0 Å². The summed E-state index contributed by atoms with van der Waals surface area (Å²) in [5.41, 5.74) is 0.423. The van der Waals surface area contributed by atoms with Crippen LogP contribution in [-0.2, 0) is 17.5 Å². The van der Waals surface area contributed by atoms with Crippen LogP contribution in [-0.4, -0.2) is 54.4 Å². The molecule has 0 bridgehead atoms. The van der Waals surface area contributed by atoms with Crippen molar-refractivity contribution in [1.82, 2.24) is 9.80 Å². The summed E-state index contributed by atoms with van der Waals surface area (Å²) in [6.45, 7) is 2.25. The molecule has 1 aliphatic rings. The fourth-order valence-corrected chi connectivity index (χ4v) is 3.76. The minimum Gasteiger partial charge on any atom is -0.484 e. The minimum absolute atomic E-state index is 0.163. The van der Waals surface area contributed by atoms with Crippen LogP contribution in [0.3, 0.4) is 0 Å². The van der Waals surface area contributed by atoms with Gasteiger partial charge in [0.15, 0.2) is 12.4 Å². The Bertz CT molecular complexity index is 1160. The second-order valence-corrected chi connectivity index (χ2v) is 8.10. The number of nitrogens with zero attached hydrogens (tertiary/aromatic N) is 2. The lowest BCUT2D eigenvalue weighted by molar-refractivity contribution is -0.138. The summed E-state index contributed by atoms with van der Waals surface area (Å²) in [5.74, 6) is 0.0254. The number of piperazine rings is 1. The third kappa shape index (κ3) is 6.63. The first kappa shape index (κ1) is 24.3. The van der Waals surface area contributed by atoms with Gasteiger partial charge in [-0.25, -0.2) is 0 Å². The molecule has 1 aliphatic heterocycles. The maximum absolute atomic E-state index is 12.9. The molecule has 0 aliphatic carbocycles. The standard InChI is InChI=1S/C25H24F3N3O4/c26-25(27,28)19-5-1-4-18(14-19)16-30-9-11-31(12-10-30)23(32)17-35-21-7-2-6-20(15-21)29-24(33)22-8-3-13-34-22/h1-8,13-15H,9-12,16-17H2,(H,29,33). The lowest BCUT2D eigenvalue weighted by Gasteiger charge is -2.34. The number of hydrogen-bond acceptors (Lipinski definition) is 5. The third-order valence-corrected chi connectivity index (χ3v) is 5.58. The lowest BCUT2D eigenvalue weighted by Crippen LogP contribution is -2.49. The SMILES string of the molecule is O=C(Nc1cccc(OCC(=O)N2CCN(Cc3cccc(C(F)(F)F)c3)CC2)c1)c1ccco1. The third-order valence-electron chi connectivity index (χ3n) is 5.58. The average Bonchev–Trinajstić information content (AvgIpc) is 3.38. The largest absolute Gasteiger partial charge is 0.484 e. The molecule has 4 rings (SSSR count). The molecule has 1 N–H and O–H groups in total. The van der Waals surface area contributed by atoms with Crippen molar-refractivity contribution in [2.24, 2.45) is 0 Å². The van der Waals surface area contributed by atoms with E-state index in [1.165, 1.54) is 12.3 Å². The van der Waals surface area contributed by atoms with Gasteiger partial charge in [0.1, 0.15) is 5.75 Å². The molecule has 3 aromatic rings.